The van der Waals surface area contributed by atoms with E-state index in [4.69, 9.17) is 4.99 Å². The summed E-state index contributed by atoms with van der Waals surface area (Å²) < 4.78 is 26.8. The molecule has 11 heteroatoms. The average Bonchev–Trinajstić information content (AvgIpc) is 3.29. The fourth-order valence-electron chi connectivity index (χ4n) is 5.31. The van der Waals surface area contributed by atoms with E-state index in [1.807, 2.05) is 0 Å². The second-order valence-corrected chi connectivity index (χ2v) is 10.4. The molecule has 0 saturated heterocycles. The molecule has 2 aromatic rings. The van der Waals surface area contributed by atoms with Crippen molar-refractivity contribution in [3.05, 3.63) is 69.8 Å². The number of likely N-dealkylation sites (N-methyl/N-ethyl adjacent to an activating group) is 1. The van der Waals surface area contributed by atoms with Crippen LogP contribution in [0.4, 0.5) is 11.4 Å². The third kappa shape index (κ3) is 2.10. The summed E-state index contributed by atoms with van der Waals surface area (Å²) in [6.07, 6.45) is 2.55. The lowest BCUT2D eigenvalue weighted by molar-refractivity contribution is -0.545. The standard InChI is InChI=1S/C20H18N4O5S2/c1-22-15-11-7-5-9-13(15)19(18(22)25)16-12-8-4-6-10-14(12)23(31(3,28)29)20(16,24(26)27)17(21-19)30-2/h4-11,16H,1-3H3/t16-,19+,20+/m0/s1. The van der Waals surface area contributed by atoms with Crippen LogP contribution in [0.1, 0.15) is 17.0 Å². The Hall–Kier alpha value is -2.92. The molecule has 1 amide bonds. The van der Waals surface area contributed by atoms with Crippen molar-refractivity contribution in [1.82, 2.24) is 0 Å². The van der Waals surface area contributed by atoms with Gasteiger partial charge in [0.1, 0.15) is 5.92 Å². The van der Waals surface area contributed by atoms with Crippen LogP contribution in [0.25, 0.3) is 0 Å². The van der Waals surface area contributed by atoms with E-state index in [1.165, 1.54) is 4.90 Å². The highest BCUT2D eigenvalue weighted by Gasteiger charge is 2.80. The zero-order valence-corrected chi connectivity index (χ0v) is 18.5. The molecule has 3 atom stereocenters. The number of amides is 1. The highest BCUT2D eigenvalue weighted by Crippen LogP contribution is 2.66. The lowest BCUT2D eigenvalue weighted by Crippen LogP contribution is -2.62. The molecule has 0 aromatic heterocycles. The molecule has 31 heavy (non-hydrogen) atoms. The van der Waals surface area contributed by atoms with Gasteiger partial charge in [0.25, 0.3) is 5.91 Å². The largest absolute Gasteiger partial charge is 0.367 e. The molecule has 3 aliphatic heterocycles. The smallest absolute Gasteiger partial charge is 0.313 e. The van der Waals surface area contributed by atoms with Crippen LogP contribution in [0.3, 0.4) is 0 Å². The Morgan fingerprint density at radius 2 is 1.74 bits per heavy atom. The van der Waals surface area contributed by atoms with Crippen molar-refractivity contribution in [2.24, 2.45) is 4.99 Å². The number of nitro groups is 1. The van der Waals surface area contributed by atoms with Gasteiger partial charge in [0.2, 0.25) is 10.0 Å². The number of benzene rings is 2. The van der Waals surface area contributed by atoms with Crippen molar-refractivity contribution in [2.45, 2.75) is 17.1 Å². The van der Waals surface area contributed by atoms with Gasteiger partial charge in [0.15, 0.2) is 10.6 Å². The Labute approximate surface area is 183 Å². The fourth-order valence-corrected chi connectivity index (χ4v) is 7.47. The van der Waals surface area contributed by atoms with Gasteiger partial charge in [0, 0.05) is 18.3 Å². The minimum Gasteiger partial charge on any atom is -0.313 e. The predicted octanol–water partition coefficient (Wildman–Crippen LogP) is 2.17. The van der Waals surface area contributed by atoms with E-state index in [-0.39, 0.29) is 10.7 Å². The number of nitrogens with zero attached hydrogens (tertiary/aromatic N) is 4. The van der Waals surface area contributed by atoms with Crippen molar-refractivity contribution < 1.29 is 18.1 Å². The zero-order chi connectivity index (χ0) is 22.3. The van der Waals surface area contributed by atoms with Crippen molar-refractivity contribution in [3.63, 3.8) is 0 Å². The van der Waals surface area contributed by atoms with Crippen LogP contribution in [0, 0.1) is 10.1 Å². The number of rotatable bonds is 2. The van der Waals surface area contributed by atoms with E-state index in [0.29, 0.717) is 16.8 Å². The molecular weight excluding hydrogens is 440 g/mol. The van der Waals surface area contributed by atoms with Gasteiger partial charge >= 0.3 is 5.66 Å². The Balaban J connectivity index is 1.96. The number of carbonyl (C=O) groups excluding carboxylic acids is 1. The monoisotopic (exact) mass is 458 g/mol. The summed E-state index contributed by atoms with van der Waals surface area (Å²) in [5.41, 5.74) is -2.13. The molecule has 0 N–H and O–H groups in total. The van der Waals surface area contributed by atoms with Gasteiger partial charge in [-0.3, -0.25) is 19.9 Å². The van der Waals surface area contributed by atoms with Crippen LogP contribution in [0.15, 0.2) is 53.5 Å². The molecule has 0 saturated carbocycles. The number of para-hydroxylation sites is 2. The average molecular weight is 459 g/mol. The van der Waals surface area contributed by atoms with Crippen LogP contribution in [0.2, 0.25) is 0 Å². The molecule has 160 valence electrons. The van der Waals surface area contributed by atoms with E-state index in [0.717, 1.165) is 22.3 Å². The van der Waals surface area contributed by atoms with Crippen molar-refractivity contribution in [2.75, 3.05) is 28.8 Å². The maximum absolute atomic E-state index is 13.7. The SMILES string of the molecule is CSC1=N[C@@]2(C(=O)N(C)c3ccccc32)[C@@H]2c3ccccc3N(S(C)(=O)=O)[C@]12[N+](=O)[O-]. The number of hydrogen-bond donors (Lipinski definition) is 0. The predicted molar refractivity (Wildman–Crippen MR) is 119 cm³/mol. The number of anilines is 2. The van der Waals surface area contributed by atoms with Gasteiger partial charge in [-0.25, -0.2) is 8.42 Å². The van der Waals surface area contributed by atoms with Crippen LogP contribution in [-0.2, 0) is 20.4 Å². The normalized spacial score (nSPS) is 28.5. The topological polar surface area (TPSA) is 113 Å². The number of sulfonamides is 1. The van der Waals surface area contributed by atoms with Crippen LogP contribution in [0.5, 0.6) is 0 Å². The van der Waals surface area contributed by atoms with Crippen LogP contribution < -0.4 is 9.21 Å². The first-order valence-corrected chi connectivity index (χ1v) is 12.5. The molecule has 5 rings (SSSR count). The lowest BCUT2D eigenvalue weighted by Gasteiger charge is -2.33. The molecule has 1 spiro atoms. The Bertz CT molecular complexity index is 1310. The van der Waals surface area contributed by atoms with E-state index in [1.54, 1.807) is 61.8 Å². The zero-order valence-electron chi connectivity index (χ0n) is 16.8. The molecule has 0 fully saturated rings. The Kier molecular flexibility index (Phi) is 3.92. The van der Waals surface area contributed by atoms with E-state index < -0.39 is 38.0 Å². The molecule has 2 aromatic carbocycles. The number of aliphatic imine (C=N–C) groups is 1. The van der Waals surface area contributed by atoms with Crippen molar-refractivity contribution in [3.8, 4) is 0 Å². The number of hydrogen-bond acceptors (Lipinski definition) is 7. The summed E-state index contributed by atoms with van der Waals surface area (Å²) in [7, 11) is -2.50. The fraction of sp³-hybridized carbons (Fsp3) is 0.300. The molecule has 3 heterocycles. The molecular formula is C20H18N4O5S2. The maximum Gasteiger partial charge on any atom is 0.367 e. The van der Waals surface area contributed by atoms with E-state index in [9.17, 15) is 23.3 Å². The number of thioether (sulfide) groups is 1. The summed E-state index contributed by atoms with van der Waals surface area (Å²) in [6.45, 7) is 0. The van der Waals surface area contributed by atoms with Crippen LogP contribution >= 0.6 is 11.8 Å². The summed E-state index contributed by atoms with van der Waals surface area (Å²) in [5.74, 6) is -1.57. The van der Waals surface area contributed by atoms with Gasteiger partial charge in [-0.1, -0.05) is 36.4 Å². The van der Waals surface area contributed by atoms with Gasteiger partial charge in [-0.15, -0.1) is 11.8 Å². The summed E-state index contributed by atoms with van der Waals surface area (Å²) >= 11 is 0.997. The second-order valence-electron chi connectivity index (χ2n) is 7.77. The molecule has 9 nitrogen and oxygen atoms in total. The summed E-state index contributed by atoms with van der Waals surface area (Å²) in [4.78, 5) is 32.1. The summed E-state index contributed by atoms with van der Waals surface area (Å²) in [5, 5.41) is 12.8. The first kappa shape index (κ1) is 20.0. The first-order valence-electron chi connectivity index (χ1n) is 9.39. The minimum atomic E-state index is -4.10. The van der Waals surface area contributed by atoms with E-state index in [2.05, 4.69) is 0 Å². The van der Waals surface area contributed by atoms with Crippen molar-refractivity contribution >= 4 is 44.1 Å². The highest BCUT2D eigenvalue weighted by atomic mass is 32.2. The highest BCUT2D eigenvalue weighted by molar-refractivity contribution is 8.13. The molecule has 0 unspecified atom stereocenters. The quantitative estimate of drug-likeness (QED) is 0.503. The number of fused-ring (bicyclic) bond motifs is 6. The van der Waals surface area contributed by atoms with Crippen LogP contribution in [-0.4, -0.2) is 49.5 Å². The van der Waals surface area contributed by atoms with Gasteiger partial charge in [0.05, 0.1) is 16.9 Å². The van der Waals surface area contributed by atoms with Crippen molar-refractivity contribution in [1.29, 1.82) is 0 Å². The number of carbonyl (C=O) groups is 1. The first-order chi connectivity index (χ1) is 14.6. The third-order valence-corrected chi connectivity index (χ3v) is 8.22. The van der Waals surface area contributed by atoms with Gasteiger partial charge < -0.3 is 4.90 Å². The molecule has 3 aliphatic rings. The Morgan fingerprint density at radius 1 is 1.13 bits per heavy atom. The van der Waals surface area contributed by atoms with Gasteiger partial charge in [-0.05, 0) is 24.0 Å². The summed E-state index contributed by atoms with van der Waals surface area (Å²) in [6, 6.07) is 13.5. The van der Waals surface area contributed by atoms with E-state index >= 15 is 0 Å². The van der Waals surface area contributed by atoms with Gasteiger partial charge in [-0.2, -0.15) is 4.31 Å². The molecule has 0 radical (unpaired) electrons. The molecule has 0 aliphatic carbocycles. The lowest BCUT2D eigenvalue weighted by atomic mass is 9.73. The minimum absolute atomic E-state index is 0.0115. The Morgan fingerprint density at radius 3 is 2.35 bits per heavy atom. The third-order valence-electron chi connectivity index (χ3n) is 6.30. The molecule has 0 bridgehead atoms. The maximum atomic E-state index is 13.7. The second kappa shape index (κ2) is 6.07.